The van der Waals surface area contributed by atoms with E-state index >= 15 is 0 Å². The second kappa shape index (κ2) is 11.4. The maximum absolute atomic E-state index is 13.9. The number of pyridine rings is 3. The molecule has 1 atom stereocenters. The van der Waals surface area contributed by atoms with Crippen LogP contribution in [0.25, 0.3) is 32.4 Å². The monoisotopic (exact) mass is 608 g/mol. The highest BCUT2D eigenvalue weighted by atomic mass is 32.1. The Hall–Kier alpha value is -4.33. The Morgan fingerprint density at radius 2 is 1.91 bits per heavy atom. The summed E-state index contributed by atoms with van der Waals surface area (Å²) in [5, 5.41) is 24.1. The van der Waals surface area contributed by atoms with Crippen molar-refractivity contribution in [1.82, 2.24) is 20.3 Å². The summed E-state index contributed by atoms with van der Waals surface area (Å²) >= 11 is 0.639. The number of carboxylic acid groups (broad SMARTS) is 1. The number of hydrogen-bond acceptors (Lipinski definition) is 9. The summed E-state index contributed by atoms with van der Waals surface area (Å²) in [6.07, 6.45) is -0.893. The molecule has 13 heteroatoms. The Bertz CT molecular complexity index is 1800. The number of carbonyl (C=O) groups is 1. The predicted molar refractivity (Wildman–Crippen MR) is 159 cm³/mol. The largest absolute Gasteiger partial charge is 0.477 e. The van der Waals surface area contributed by atoms with Gasteiger partial charge in [0.15, 0.2) is 0 Å². The summed E-state index contributed by atoms with van der Waals surface area (Å²) in [6, 6.07) is 14.5. The van der Waals surface area contributed by atoms with Crippen molar-refractivity contribution in [3.63, 3.8) is 0 Å². The first kappa shape index (κ1) is 28.8. The highest BCUT2D eigenvalue weighted by Gasteiger charge is 2.37. The van der Waals surface area contributed by atoms with E-state index in [1.54, 1.807) is 17.3 Å². The van der Waals surface area contributed by atoms with Gasteiger partial charge in [0.1, 0.15) is 15.5 Å². The summed E-state index contributed by atoms with van der Waals surface area (Å²) in [4.78, 5) is 26.2. The molecular weight excluding hydrogens is 581 g/mol. The third-order valence-electron chi connectivity index (χ3n) is 7.68. The zero-order valence-corrected chi connectivity index (χ0v) is 23.5. The zero-order chi connectivity index (χ0) is 30.3. The fourth-order valence-corrected chi connectivity index (χ4v) is 6.39. The highest BCUT2D eigenvalue weighted by Crippen LogP contribution is 2.43. The van der Waals surface area contributed by atoms with Crippen molar-refractivity contribution in [3.8, 4) is 11.3 Å². The Labute approximate surface area is 247 Å². The van der Waals surface area contributed by atoms with Crippen LogP contribution in [0.15, 0.2) is 60.9 Å². The number of nitrogens with two attached hydrogens (primary N) is 1. The number of nitrogen functional groups attached to an aromatic ring is 1. The van der Waals surface area contributed by atoms with Crippen LogP contribution >= 0.6 is 11.3 Å². The highest BCUT2D eigenvalue weighted by molar-refractivity contribution is 7.21. The zero-order valence-electron chi connectivity index (χ0n) is 22.7. The number of aliphatic hydroxyl groups excluding tert-OH is 1. The van der Waals surface area contributed by atoms with Crippen molar-refractivity contribution in [3.05, 3.63) is 76.9 Å². The number of thiophene rings is 1. The van der Waals surface area contributed by atoms with E-state index in [1.807, 2.05) is 42.5 Å². The molecule has 0 amide bonds. The Morgan fingerprint density at radius 3 is 2.60 bits per heavy atom. The number of aliphatic hydroxyl groups is 1. The van der Waals surface area contributed by atoms with E-state index in [9.17, 15) is 28.2 Å². The van der Waals surface area contributed by atoms with Gasteiger partial charge in [0.05, 0.1) is 28.6 Å². The third-order valence-corrected chi connectivity index (χ3v) is 8.77. The van der Waals surface area contributed by atoms with Gasteiger partial charge in [-0.1, -0.05) is 30.3 Å². The molecule has 5 heterocycles. The van der Waals surface area contributed by atoms with Crippen LogP contribution < -0.4 is 16.0 Å². The van der Waals surface area contributed by atoms with Crippen molar-refractivity contribution in [1.29, 1.82) is 0 Å². The molecule has 4 aromatic heterocycles. The lowest BCUT2D eigenvalue weighted by molar-refractivity contribution is -0.136. The number of benzene rings is 1. The number of halogens is 3. The van der Waals surface area contributed by atoms with E-state index in [0.29, 0.717) is 42.8 Å². The van der Waals surface area contributed by atoms with Gasteiger partial charge in [0.2, 0.25) is 0 Å². The number of nitrogens with one attached hydrogen (secondary N) is 1. The summed E-state index contributed by atoms with van der Waals surface area (Å²) in [6.45, 7) is 1.16. The van der Waals surface area contributed by atoms with Crippen molar-refractivity contribution in [2.75, 3.05) is 30.3 Å². The summed E-state index contributed by atoms with van der Waals surface area (Å²) in [7, 11) is 0. The summed E-state index contributed by atoms with van der Waals surface area (Å²) < 4.78 is 41.8. The van der Waals surface area contributed by atoms with Crippen molar-refractivity contribution < 1.29 is 28.2 Å². The molecule has 1 unspecified atom stereocenters. The molecule has 1 aliphatic rings. The lowest BCUT2D eigenvalue weighted by atomic mass is 10.0. The number of fused-ring (bicyclic) bond motifs is 2. The van der Waals surface area contributed by atoms with Crippen molar-refractivity contribution in [2.24, 2.45) is 0 Å². The quantitative estimate of drug-likeness (QED) is 0.189. The number of hydrogen-bond donors (Lipinski definition) is 4. The van der Waals surface area contributed by atoms with Crippen LogP contribution in [0, 0.1) is 0 Å². The molecule has 0 saturated carbocycles. The standard InChI is InChI=1S/C30H27F3N6O3S/c31-30(32,33)20-13-23(38-28-24(20)25(34)27(43-28)29(41)42)39-11-8-18(9-12-39)36-15-22(40)17-6-7-21(37-14-17)19-5-1-3-16-4-2-10-35-26(16)19/h1-7,10,13-14,18,22,36,40H,8-9,11-12,15,34H2,(H,41,42). The van der Waals surface area contributed by atoms with Crippen LogP contribution in [0.1, 0.15) is 39.7 Å². The fraction of sp³-hybridized carbons (Fsp3) is 0.267. The molecule has 1 fully saturated rings. The molecule has 43 heavy (non-hydrogen) atoms. The van der Waals surface area contributed by atoms with E-state index < -0.39 is 29.5 Å². The molecule has 9 nitrogen and oxygen atoms in total. The minimum atomic E-state index is -4.73. The van der Waals surface area contributed by atoms with Gasteiger partial charge in [0.25, 0.3) is 0 Å². The number of anilines is 2. The minimum Gasteiger partial charge on any atom is -0.477 e. The van der Waals surface area contributed by atoms with Gasteiger partial charge < -0.3 is 26.2 Å². The second-order valence-electron chi connectivity index (χ2n) is 10.4. The number of aromatic carboxylic acids is 1. The van der Waals surface area contributed by atoms with E-state index in [-0.39, 0.29) is 33.5 Å². The second-order valence-corrected chi connectivity index (χ2v) is 11.4. The molecule has 5 N–H and O–H groups in total. The minimum absolute atomic E-state index is 0.0432. The van der Waals surface area contributed by atoms with Crippen LogP contribution in [-0.2, 0) is 6.18 Å². The fourth-order valence-electron chi connectivity index (χ4n) is 5.43. The number of rotatable bonds is 7. The van der Waals surface area contributed by atoms with Gasteiger partial charge >= 0.3 is 12.1 Å². The van der Waals surface area contributed by atoms with Gasteiger partial charge in [-0.25, -0.2) is 9.78 Å². The lowest BCUT2D eigenvalue weighted by Gasteiger charge is -2.34. The molecule has 6 rings (SSSR count). The predicted octanol–water partition coefficient (Wildman–Crippen LogP) is 5.50. The molecule has 222 valence electrons. The van der Waals surface area contributed by atoms with Gasteiger partial charge in [0, 0.05) is 60.0 Å². The van der Waals surface area contributed by atoms with E-state index in [1.165, 1.54) is 0 Å². The maximum atomic E-state index is 13.9. The van der Waals surface area contributed by atoms with Crippen molar-refractivity contribution >= 4 is 49.9 Å². The van der Waals surface area contributed by atoms with Crippen LogP contribution in [-0.4, -0.2) is 56.8 Å². The number of para-hydroxylation sites is 1. The molecule has 1 saturated heterocycles. The molecule has 0 bridgehead atoms. The number of piperidine rings is 1. The van der Waals surface area contributed by atoms with Crippen LogP contribution in [0.2, 0.25) is 0 Å². The van der Waals surface area contributed by atoms with Crippen LogP contribution in [0.5, 0.6) is 0 Å². The molecule has 0 spiro atoms. The van der Waals surface area contributed by atoms with E-state index in [4.69, 9.17) is 5.73 Å². The topological polar surface area (TPSA) is 137 Å². The Balaban J connectivity index is 1.09. The summed E-state index contributed by atoms with van der Waals surface area (Å²) in [5.41, 5.74) is 7.55. The van der Waals surface area contributed by atoms with Crippen LogP contribution in [0.4, 0.5) is 24.7 Å². The molecule has 0 radical (unpaired) electrons. The molecule has 1 aromatic carbocycles. The number of alkyl halides is 3. The average molecular weight is 609 g/mol. The first-order valence-electron chi connectivity index (χ1n) is 13.6. The normalized spacial score (nSPS) is 15.3. The average Bonchev–Trinajstić information content (AvgIpc) is 3.35. The molecule has 0 aliphatic carbocycles. The summed E-state index contributed by atoms with van der Waals surface area (Å²) in [5.74, 6) is -1.26. The number of carboxylic acids is 1. The van der Waals surface area contributed by atoms with Crippen LogP contribution in [0.3, 0.4) is 0 Å². The number of aromatic nitrogens is 3. The molecule has 5 aromatic rings. The molecular formula is C30H27F3N6O3S. The molecule has 1 aliphatic heterocycles. The smallest absolute Gasteiger partial charge is 0.417 e. The Morgan fingerprint density at radius 1 is 1.14 bits per heavy atom. The van der Waals surface area contributed by atoms with Gasteiger partial charge in [-0.15, -0.1) is 11.3 Å². The third kappa shape index (κ3) is 5.70. The van der Waals surface area contributed by atoms with Gasteiger partial charge in [-0.05, 0) is 31.0 Å². The SMILES string of the molecule is Nc1c(C(=O)O)sc2nc(N3CCC(NCC(O)c4ccc(-c5cccc6cccnc56)nc4)CC3)cc(C(F)(F)F)c12. The maximum Gasteiger partial charge on any atom is 0.417 e. The van der Waals surface area contributed by atoms with Gasteiger partial charge in [-0.3, -0.25) is 9.97 Å². The van der Waals surface area contributed by atoms with Crippen molar-refractivity contribution in [2.45, 2.75) is 31.2 Å². The van der Waals surface area contributed by atoms with E-state index in [0.717, 1.165) is 28.2 Å². The first-order chi connectivity index (χ1) is 20.6. The lowest BCUT2D eigenvalue weighted by Crippen LogP contribution is -2.44. The number of nitrogens with zero attached hydrogens (tertiary/aromatic N) is 4. The van der Waals surface area contributed by atoms with Gasteiger partial charge in [-0.2, -0.15) is 13.2 Å². The van der Waals surface area contributed by atoms with E-state index in [2.05, 4.69) is 20.3 Å². The Kier molecular flexibility index (Phi) is 7.63. The first-order valence-corrected chi connectivity index (χ1v) is 14.4.